The van der Waals surface area contributed by atoms with Crippen LogP contribution in [0.1, 0.15) is 57.8 Å². The van der Waals surface area contributed by atoms with E-state index in [4.69, 9.17) is 11.6 Å². The summed E-state index contributed by atoms with van der Waals surface area (Å²) in [5.74, 6) is 1.05. The second-order valence-corrected chi connectivity index (χ2v) is 9.62. The van der Waals surface area contributed by atoms with Gasteiger partial charge in [0.25, 0.3) is 0 Å². The summed E-state index contributed by atoms with van der Waals surface area (Å²) in [6, 6.07) is 7.20. The molecule has 30 heavy (non-hydrogen) atoms. The summed E-state index contributed by atoms with van der Waals surface area (Å²) in [7, 11) is 0. The van der Waals surface area contributed by atoms with Gasteiger partial charge < -0.3 is 10.2 Å². The number of benzene rings is 1. The van der Waals surface area contributed by atoms with Crippen molar-refractivity contribution in [2.75, 3.05) is 31.5 Å². The highest BCUT2D eigenvalue weighted by molar-refractivity contribution is 6.30. The van der Waals surface area contributed by atoms with E-state index in [-0.39, 0.29) is 17.9 Å². The van der Waals surface area contributed by atoms with Crippen LogP contribution in [0.4, 0.5) is 5.69 Å². The van der Waals surface area contributed by atoms with Gasteiger partial charge in [0, 0.05) is 42.8 Å². The number of nitrogens with one attached hydrogen (secondary N) is 1. The number of rotatable bonds is 5. The molecule has 164 valence electrons. The van der Waals surface area contributed by atoms with Crippen molar-refractivity contribution in [3.8, 4) is 0 Å². The minimum atomic E-state index is -0.116. The van der Waals surface area contributed by atoms with Gasteiger partial charge in [-0.2, -0.15) is 0 Å². The number of nitrogens with zero attached hydrogens (tertiary/aromatic N) is 2. The highest BCUT2D eigenvalue weighted by Crippen LogP contribution is 2.32. The molecule has 1 aromatic carbocycles. The first-order valence-corrected chi connectivity index (χ1v) is 12.1. The van der Waals surface area contributed by atoms with Gasteiger partial charge in [0.05, 0.1) is 6.04 Å². The van der Waals surface area contributed by atoms with Crippen LogP contribution >= 0.6 is 11.6 Å². The minimum Gasteiger partial charge on any atom is -0.340 e. The molecule has 1 heterocycles. The third kappa shape index (κ3) is 5.17. The number of anilines is 1. The van der Waals surface area contributed by atoms with Gasteiger partial charge in [-0.05, 0) is 55.9 Å². The Morgan fingerprint density at radius 3 is 2.10 bits per heavy atom. The van der Waals surface area contributed by atoms with Crippen LogP contribution in [-0.4, -0.2) is 53.8 Å². The Kier molecular flexibility index (Phi) is 7.32. The Hall–Kier alpha value is -1.59. The van der Waals surface area contributed by atoms with E-state index in [0.717, 1.165) is 57.5 Å². The highest BCUT2D eigenvalue weighted by atomic mass is 35.5. The normalized spacial score (nSPS) is 22.8. The Bertz CT molecular complexity index is 718. The lowest BCUT2D eigenvalue weighted by Gasteiger charge is -2.41. The zero-order valence-electron chi connectivity index (χ0n) is 17.8. The summed E-state index contributed by atoms with van der Waals surface area (Å²) >= 11 is 5.98. The second kappa shape index (κ2) is 10.1. The van der Waals surface area contributed by atoms with Gasteiger partial charge in [0.2, 0.25) is 11.8 Å². The van der Waals surface area contributed by atoms with Crippen LogP contribution in [0.5, 0.6) is 0 Å². The van der Waals surface area contributed by atoms with E-state index < -0.39 is 0 Å². The maximum Gasteiger partial charge on any atom is 0.242 e. The van der Waals surface area contributed by atoms with Crippen LogP contribution < -0.4 is 5.32 Å². The molecule has 1 saturated heterocycles. The van der Waals surface area contributed by atoms with Gasteiger partial charge in [-0.1, -0.05) is 43.7 Å². The van der Waals surface area contributed by atoms with E-state index in [2.05, 4.69) is 15.1 Å². The van der Waals surface area contributed by atoms with Crippen molar-refractivity contribution >= 4 is 29.1 Å². The van der Waals surface area contributed by atoms with E-state index in [1.165, 1.54) is 32.1 Å². The molecule has 2 amide bonds. The number of hydrogen-bond acceptors (Lipinski definition) is 3. The number of piperazine rings is 1. The Labute approximate surface area is 185 Å². The third-order valence-corrected chi connectivity index (χ3v) is 7.45. The van der Waals surface area contributed by atoms with Crippen LogP contribution in [0.25, 0.3) is 0 Å². The van der Waals surface area contributed by atoms with Gasteiger partial charge in [-0.15, -0.1) is 0 Å². The summed E-state index contributed by atoms with van der Waals surface area (Å²) in [5.41, 5.74) is 0.790. The molecular weight excluding hydrogens is 398 g/mol. The predicted molar refractivity (Wildman–Crippen MR) is 121 cm³/mol. The average molecular weight is 432 g/mol. The standard InChI is InChI=1S/C24H34ClN3O2/c25-20-10-12-21(13-11-20)26-23(29)22(18-6-4-5-7-18)27-14-16-28(17-15-27)24(30)19-8-2-1-3-9-19/h10-13,18-19,22H,1-9,14-17H2,(H,26,29)/t22-/m0/s1. The molecule has 1 aromatic rings. The molecule has 1 N–H and O–H groups in total. The Balaban J connectivity index is 1.38. The van der Waals surface area contributed by atoms with E-state index in [0.29, 0.717) is 16.8 Å². The van der Waals surface area contributed by atoms with Crippen LogP contribution in [-0.2, 0) is 9.59 Å². The number of hydrogen-bond donors (Lipinski definition) is 1. The molecule has 3 fully saturated rings. The second-order valence-electron chi connectivity index (χ2n) is 9.18. The van der Waals surface area contributed by atoms with Crippen molar-refractivity contribution < 1.29 is 9.59 Å². The number of halogens is 1. The minimum absolute atomic E-state index is 0.0799. The van der Waals surface area contributed by atoms with Crippen LogP contribution in [0.3, 0.4) is 0 Å². The third-order valence-electron chi connectivity index (χ3n) is 7.20. The maximum atomic E-state index is 13.3. The Morgan fingerprint density at radius 2 is 1.47 bits per heavy atom. The fourth-order valence-corrected chi connectivity index (χ4v) is 5.65. The lowest BCUT2D eigenvalue weighted by Crippen LogP contribution is -2.57. The first kappa shape index (κ1) is 21.6. The van der Waals surface area contributed by atoms with Gasteiger partial charge >= 0.3 is 0 Å². The molecule has 3 aliphatic rings. The average Bonchev–Trinajstić information content (AvgIpc) is 3.30. The highest BCUT2D eigenvalue weighted by Gasteiger charge is 2.38. The molecule has 4 rings (SSSR count). The first-order chi connectivity index (χ1) is 14.6. The van der Waals surface area contributed by atoms with Crippen LogP contribution in [0.2, 0.25) is 5.02 Å². The van der Waals surface area contributed by atoms with Crippen molar-refractivity contribution in [3.05, 3.63) is 29.3 Å². The van der Waals surface area contributed by atoms with Gasteiger partial charge in [-0.3, -0.25) is 14.5 Å². The molecular formula is C24H34ClN3O2. The molecule has 2 aliphatic carbocycles. The summed E-state index contributed by atoms with van der Waals surface area (Å²) < 4.78 is 0. The first-order valence-electron chi connectivity index (χ1n) is 11.7. The Morgan fingerprint density at radius 1 is 0.867 bits per heavy atom. The zero-order valence-corrected chi connectivity index (χ0v) is 18.6. The summed E-state index contributed by atoms with van der Waals surface area (Å²) in [4.78, 5) is 30.6. The van der Waals surface area contributed by atoms with Gasteiger partial charge in [0.1, 0.15) is 0 Å². The predicted octanol–water partition coefficient (Wildman–Crippen LogP) is 4.56. The molecule has 1 aliphatic heterocycles. The SMILES string of the molecule is O=C(Nc1ccc(Cl)cc1)[C@H](C1CCCC1)N1CCN(C(=O)C2CCCCC2)CC1. The summed E-state index contributed by atoms with van der Waals surface area (Å²) in [6.07, 6.45) is 10.4. The lowest BCUT2D eigenvalue weighted by molar-refractivity contribution is -0.139. The topological polar surface area (TPSA) is 52.7 Å². The fourth-order valence-electron chi connectivity index (χ4n) is 5.53. The molecule has 0 aromatic heterocycles. The van der Waals surface area contributed by atoms with Crippen LogP contribution in [0.15, 0.2) is 24.3 Å². The van der Waals surface area contributed by atoms with Crippen molar-refractivity contribution in [1.29, 1.82) is 0 Å². The molecule has 5 nitrogen and oxygen atoms in total. The molecule has 0 bridgehead atoms. The molecule has 6 heteroatoms. The quantitative estimate of drug-likeness (QED) is 0.743. The van der Waals surface area contributed by atoms with Crippen molar-refractivity contribution in [1.82, 2.24) is 9.80 Å². The van der Waals surface area contributed by atoms with Gasteiger partial charge in [-0.25, -0.2) is 0 Å². The van der Waals surface area contributed by atoms with E-state index in [9.17, 15) is 9.59 Å². The lowest BCUT2D eigenvalue weighted by atomic mass is 9.88. The molecule has 2 saturated carbocycles. The fraction of sp³-hybridized carbons (Fsp3) is 0.667. The van der Waals surface area contributed by atoms with E-state index >= 15 is 0 Å². The molecule has 0 unspecified atom stereocenters. The monoisotopic (exact) mass is 431 g/mol. The van der Waals surface area contributed by atoms with E-state index in [1.807, 2.05) is 12.1 Å². The summed E-state index contributed by atoms with van der Waals surface area (Å²) in [6.45, 7) is 3.06. The van der Waals surface area contributed by atoms with Gasteiger partial charge in [0.15, 0.2) is 0 Å². The smallest absolute Gasteiger partial charge is 0.242 e. The van der Waals surface area contributed by atoms with Crippen molar-refractivity contribution in [3.63, 3.8) is 0 Å². The maximum absolute atomic E-state index is 13.3. The van der Waals surface area contributed by atoms with Crippen molar-refractivity contribution in [2.24, 2.45) is 11.8 Å². The molecule has 0 radical (unpaired) electrons. The molecule has 1 atom stereocenters. The molecule has 0 spiro atoms. The number of amides is 2. The number of carbonyl (C=O) groups excluding carboxylic acids is 2. The summed E-state index contributed by atoms with van der Waals surface area (Å²) in [5, 5.41) is 3.78. The van der Waals surface area contributed by atoms with E-state index in [1.54, 1.807) is 12.1 Å². The zero-order chi connectivity index (χ0) is 20.9. The largest absolute Gasteiger partial charge is 0.340 e. The number of carbonyl (C=O) groups is 2. The van der Waals surface area contributed by atoms with Crippen LogP contribution in [0, 0.1) is 11.8 Å². The van der Waals surface area contributed by atoms with Crippen molar-refractivity contribution in [2.45, 2.75) is 63.8 Å².